The lowest BCUT2D eigenvalue weighted by molar-refractivity contribution is -0.387. The number of rotatable bonds is 6. The van der Waals surface area contributed by atoms with E-state index in [0.29, 0.717) is 0 Å². The normalized spacial score (nSPS) is 12.6. The van der Waals surface area contributed by atoms with E-state index in [9.17, 15) is 18.5 Å². The third kappa shape index (κ3) is 4.03. The number of sulfonamides is 1. The molecule has 1 aromatic carbocycles. The Morgan fingerprint density at radius 2 is 2.05 bits per heavy atom. The zero-order chi connectivity index (χ0) is 15.5. The van der Waals surface area contributed by atoms with Crippen molar-refractivity contribution >= 4 is 28.1 Å². The number of nitro groups is 1. The molecule has 0 saturated carbocycles. The van der Waals surface area contributed by atoms with Gasteiger partial charge in [-0.05, 0) is 19.1 Å². The molecule has 2 N–H and O–H groups in total. The van der Waals surface area contributed by atoms with Crippen molar-refractivity contribution in [1.82, 2.24) is 4.31 Å². The van der Waals surface area contributed by atoms with Gasteiger partial charge in [-0.1, -0.05) is 0 Å². The van der Waals surface area contributed by atoms with Crippen LogP contribution >= 0.6 is 12.4 Å². The smallest absolute Gasteiger partial charge is 0.293 e. The van der Waals surface area contributed by atoms with Gasteiger partial charge in [0.05, 0.1) is 18.1 Å². The summed E-state index contributed by atoms with van der Waals surface area (Å²) >= 11 is 0. The van der Waals surface area contributed by atoms with Gasteiger partial charge in [0.2, 0.25) is 10.0 Å². The molecule has 1 atom stereocenters. The van der Waals surface area contributed by atoms with Crippen LogP contribution in [0.5, 0.6) is 5.75 Å². The lowest BCUT2D eigenvalue weighted by Gasteiger charge is -2.22. The first-order valence-electron chi connectivity index (χ1n) is 5.76. The first-order chi connectivity index (χ1) is 9.25. The number of hydrogen-bond acceptors (Lipinski definition) is 6. The molecule has 10 heteroatoms. The van der Waals surface area contributed by atoms with Gasteiger partial charge in [0.15, 0.2) is 4.90 Å². The van der Waals surface area contributed by atoms with Gasteiger partial charge in [0, 0.05) is 19.6 Å². The lowest BCUT2D eigenvalue weighted by Crippen LogP contribution is -2.39. The van der Waals surface area contributed by atoms with Crippen LogP contribution in [0.2, 0.25) is 0 Å². The summed E-state index contributed by atoms with van der Waals surface area (Å²) in [5, 5.41) is 11.0. The number of nitro benzene ring substituents is 1. The molecule has 0 aromatic heterocycles. The second-order valence-electron chi connectivity index (χ2n) is 4.20. The van der Waals surface area contributed by atoms with Crippen LogP contribution in [0.4, 0.5) is 5.69 Å². The topological polar surface area (TPSA) is 116 Å². The standard InChI is InChI=1S/C11H17N3O5S.ClH/c1-8(7-12)13(2)20(17,18)11-5-4-9(19-3)6-10(11)14(15)16;/h4-6,8H,7,12H2,1-3H3;1H. The Morgan fingerprint density at radius 1 is 1.48 bits per heavy atom. The molecule has 1 aromatic rings. The Kier molecular flexibility index (Phi) is 7.04. The van der Waals surface area contributed by atoms with Gasteiger partial charge in [0.25, 0.3) is 5.69 Å². The second kappa shape index (κ2) is 7.55. The van der Waals surface area contributed by atoms with E-state index in [-0.39, 0.29) is 29.6 Å². The van der Waals surface area contributed by atoms with E-state index in [2.05, 4.69) is 0 Å². The van der Waals surface area contributed by atoms with Crippen molar-refractivity contribution in [2.75, 3.05) is 20.7 Å². The van der Waals surface area contributed by atoms with E-state index in [1.165, 1.54) is 20.2 Å². The van der Waals surface area contributed by atoms with Gasteiger partial charge >= 0.3 is 0 Å². The summed E-state index contributed by atoms with van der Waals surface area (Å²) in [5.74, 6) is 0.213. The van der Waals surface area contributed by atoms with Gasteiger partial charge in [0.1, 0.15) is 5.75 Å². The van der Waals surface area contributed by atoms with Crippen molar-refractivity contribution < 1.29 is 18.1 Å². The number of likely N-dealkylation sites (N-methyl/N-ethyl adjacent to an activating group) is 1. The van der Waals surface area contributed by atoms with Crippen LogP contribution in [0.25, 0.3) is 0 Å². The van der Waals surface area contributed by atoms with E-state index in [4.69, 9.17) is 10.5 Å². The van der Waals surface area contributed by atoms with Gasteiger partial charge in [-0.25, -0.2) is 8.42 Å². The van der Waals surface area contributed by atoms with E-state index >= 15 is 0 Å². The molecule has 0 saturated heterocycles. The number of methoxy groups -OCH3 is 1. The highest BCUT2D eigenvalue weighted by Crippen LogP contribution is 2.30. The minimum Gasteiger partial charge on any atom is -0.497 e. The third-order valence-corrected chi connectivity index (χ3v) is 5.00. The maximum Gasteiger partial charge on any atom is 0.293 e. The molecule has 1 rings (SSSR count). The first-order valence-corrected chi connectivity index (χ1v) is 7.20. The average molecular weight is 340 g/mol. The van der Waals surface area contributed by atoms with Crippen molar-refractivity contribution in [1.29, 1.82) is 0 Å². The van der Waals surface area contributed by atoms with Crippen LogP contribution in [0.15, 0.2) is 23.1 Å². The molecule has 1 unspecified atom stereocenters. The van der Waals surface area contributed by atoms with E-state index in [0.717, 1.165) is 16.4 Å². The van der Waals surface area contributed by atoms with Gasteiger partial charge in [-0.3, -0.25) is 10.1 Å². The van der Waals surface area contributed by atoms with Crippen LogP contribution in [-0.2, 0) is 10.0 Å². The highest BCUT2D eigenvalue weighted by Gasteiger charge is 2.32. The summed E-state index contributed by atoms with van der Waals surface area (Å²) in [6, 6.07) is 3.13. The zero-order valence-corrected chi connectivity index (χ0v) is 13.5. The lowest BCUT2D eigenvalue weighted by atomic mass is 10.3. The first kappa shape index (κ1) is 19.6. The Hall–Kier alpha value is -1.42. The predicted molar refractivity (Wildman–Crippen MR) is 80.4 cm³/mol. The molecule has 120 valence electrons. The molecule has 0 heterocycles. The number of nitrogens with zero attached hydrogens (tertiary/aromatic N) is 2. The maximum absolute atomic E-state index is 12.4. The van der Waals surface area contributed by atoms with Crippen molar-refractivity contribution in [2.24, 2.45) is 5.73 Å². The number of benzene rings is 1. The monoisotopic (exact) mass is 339 g/mol. The van der Waals surface area contributed by atoms with Crippen LogP contribution < -0.4 is 10.5 Å². The molecule has 0 aliphatic carbocycles. The van der Waals surface area contributed by atoms with Crippen molar-refractivity contribution in [2.45, 2.75) is 17.9 Å². The van der Waals surface area contributed by atoms with Crippen molar-refractivity contribution in [3.8, 4) is 5.75 Å². The molecule has 0 aliphatic heterocycles. The molecule has 0 fully saturated rings. The largest absolute Gasteiger partial charge is 0.497 e. The quantitative estimate of drug-likeness (QED) is 0.610. The second-order valence-corrected chi connectivity index (χ2v) is 6.16. The van der Waals surface area contributed by atoms with Crippen molar-refractivity contribution in [3.05, 3.63) is 28.3 Å². The minimum absolute atomic E-state index is 0. The van der Waals surface area contributed by atoms with Crippen LogP contribution in [0.3, 0.4) is 0 Å². The summed E-state index contributed by atoms with van der Waals surface area (Å²) < 4.78 is 30.6. The number of halogens is 1. The Morgan fingerprint density at radius 3 is 2.48 bits per heavy atom. The minimum atomic E-state index is -3.99. The Labute approximate surface area is 129 Å². The SMILES string of the molecule is COc1ccc(S(=O)(=O)N(C)C(C)CN)c([N+](=O)[O-])c1.Cl. The molecule has 0 amide bonds. The Balaban J connectivity index is 0.00000400. The number of nitrogens with two attached hydrogens (primary N) is 1. The van der Waals surface area contributed by atoms with E-state index < -0.39 is 26.7 Å². The van der Waals surface area contributed by atoms with Gasteiger partial charge in [-0.2, -0.15) is 4.31 Å². The fourth-order valence-electron chi connectivity index (χ4n) is 1.53. The third-order valence-electron chi connectivity index (χ3n) is 2.98. The van der Waals surface area contributed by atoms with Gasteiger partial charge < -0.3 is 10.5 Å². The molecule has 0 aliphatic rings. The molecule has 0 bridgehead atoms. The summed E-state index contributed by atoms with van der Waals surface area (Å²) in [6.45, 7) is 1.73. The molecule has 0 radical (unpaired) electrons. The highest BCUT2D eigenvalue weighted by atomic mass is 35.5. The van der Waals surface area contributed by atoms with E-state index in [1.54, 1.807) is 6.92 Å². The fourth-order valence-corrected chi connectivity index (χ4v) is 3.03. The van der Waals surface area contributed by atoms with Crippen LogP contribution in [0.1, 0.15) is 6.92 Å². The summed E-state index contributed by atoms with van der Waals surface area (Å²) in [6.07, 6.45) is 0. The highest BCUT2D eigenvalue weighted by molar-refractivity contribution is 7.89. The van der Waals surface area contributed by atoms with Crippen molar-refractivity contribution in [3.63, 3.8) is 0 Å². The predicted octanol–water partition coefficient (Wildman–Crippen LogP) is 0.993. The summed E-state index contributed by atoms with van der Waals surface area (Å²) in [4.78, 5) is 9.90. The fraction of sp³-hybridized carbons (Fsp3) is 0.455. The van der Waals surface area contributed by atoms with Gasteiger partial charge in [-0.15, -0.1) is 12.4 Å². The maximum atomic E-state index is 12.4. The van der Waals surface area contributed by atoms with Crippen LogP contribution in [0, 0.1) is 10.1 Å². The Bertz CT molecular complexity index is 608. The number of ether oxygens (including phenoxy) is 1. The molecule has 21 heavy (non-hydrogen) atoms. The molecule has 0 spiro atoms. The molecule has 8 nitrogen and oxygen atoms in total. The average Bonchev–Trinajstić information content (AvgIpc) is 2.44. The zero-order valence-electron chi connectivity index (χ0n) is 11.8. The van der Waals surface area contributed by atoms with E-state index in [1.807, 2.05) is 0 Å². The summed E-state index contributed by atoms with van der Waals surface area (Å²) in [5.41, 5.74) is 4.90. The molecular formula is C11H18ClN3O5S. The van der Waals surface area contributed by atoms with Crippen LogP contribution in [-0.4, -0.2) is 44.4 Å². The molecular weight excluding hydrogens is 322 g/mol. The number of hydrogen-bond donors (Lipinski definition) is 1. The summed E-state index contributed by atoms with van der Waals surface area (Å²) in [7, 11) is -1.32.